The van der Waals surface area contributed by atoms with Gasteiger partial charge in [0.15, 0.2) is 0 Å². The number of nitrogens with two attached hydrogens (primary N) is 1. The SMILES string of the molecule is Cn1c(N)c(C(C2=C(O)c3ccccc3C(=O)C2=O)c2cccc(O)c2)c(=O)n(C)c1=O. The Morgan fingerprint density at radius 3 is 2.16 bits per heavy atom. The van der Waals surface area contributed by atoms with E-state index in [0.717, 1.165) is 9.13 Å². The highest BCUT2D eigenvalue weighted by Gasteiger charge is 2.40. The van der Waals surface area contributed by atoms with Gasteiger partial charge in [0.25, 0.3) is 5.56 Å². The number of allylic oxidation sites excluding steroid dienone is 1. The molecular formula is C23H19N3O6. The number of hydrogen-bond donors (Lipinski definition) is 3. The molecule has 1 aliphatic rings. The van der Waals surface area contributed by atoms with Gasteiger partial charge in [-0.1, -0.05) is 36.4 Å². The van der Waals surface area contributed by atoms with Gasteiger partial charge in [0, 0.05) is 25.2 Å². The second-order valence-corrected chi connectivity index (χ2v) is 7.50. The molecule has 2 aromatic carbocycles. The second kappa shape index (κ2) is 7.38. The third-order valence-corrected chi connectivity index (χ3v) is 5.66. The van der Waals surface area contributed by atoms with Crippen LogP contribution in [-0.2, 0) is 18.9 Å². The molecule has 1 atom stereocenters. The summed E-state index contributed by atoms with van der Waals surface area (Å²) in [7, 11) is 2.61. The minimum atomic E-state index is -1.32. The minimum Gasteiger partial charge on any atom is -0.508 e. The number of ketones is 2. The molecule has 9 heteroatoms. The smallest absolute Gasteiger partial charge is 0.332 e. The number of nitrogen functional groups attached to an aromatic ring is 1. The first-order valence-corrected chi connectivity index (χ1v) is 9.61. The predicted octanol–water partition coefficient (Wildman–Crippen LogP) is 1.24. The lowest BCUT2D eigenvalue weighted by Crippen LogP contribution is -2.42. The summed E-state index contributed by atoms with van der Waals surface area (Å²) < 4.78 is 1.86. The Bertz CT molecular complexity index is 1460. The van der Waals surface area contributed by atoms with Crippen molar-refractivity contribution in [2.45, 2.75) is 5.92 Å². The average Bonchev–Trinajstić information content (AvgIpc) is 2.79. The van der Waals surface area contributed by atoms with Gasteiger partial charge in [-0.05, 0) is 17.7 Å². The largest absolute Gasteiger partial charge is 0.508 e. The fourth-order valence-electron chi connectivity index (χ4n) is 3.99. The third-order valence-electron chi connectivity index (χ3n) is 5.66. The summed E-state index contributed by atoms with van der Waals surface area (Å²) in [6.07, 6.45) is 0. The zero-order valence-corrected chi connectivity index (χ0v) is 17.2. The molecular weight excluding hydrogens is 414 g/mol. The van der Waals surface area contributed by atoms with Crippen LogP contribution < -0.4 is 17.0 Å². The zero-order chi connectivity index (χ0) is 23.3. The van der Waals surface area contributed by atoms with Crippen molar-refractivity contribution in [3.05, 3.63) is 97.2 Å². The van der Waals surface area contributed by atoms with E-state index in [0.29, 0.717) is 0 Å². The van der Waals surface area contributed by atoms with Crippen molar-refractivity contribution < 1.29 is 19.8 Å². The number of anilines is 1. The van der Waals surface area contributed by atoms with Crippen LogP contribution in [0.3, 0.4) is 0 Å². The zero-order valence-electron chi connectivity index (χ0n) is 17.2. The molecule has 0 saturated heterocycles. The number of phenols is 1. The molecule has 0 fully saturated rings. The summed E-state index contributed by atoms with van der Waals surface area (Å²) in [6.45, 7) is 0. The number of phenolic OH excluding ortho intramolecular Hbond substituents is 1. The first-order chi connectivity index (χ1) is 15.1. The average molecular weight is 433 g/mol. The number of rotatable bonds is 3. The predicted molar refractivity (Wildman–Crippen MR) is 117 cm³/mol. The Morgan fingerprint density at radius 2 is 1.50 bits per heavy atom. The molecule has 4 rings (SSSR count). The van der Waals surface area contributed by atoms with Gasteiger partial charge in [-0.15, -0.1) is 0 Å². The fraction of sp³-hybridized carbons (Fsp3) is 0.130. The number of nitrogens with zero attached hydrogens (tertiary/aromatic N) is 2. The molecule has 0 saturated carbocycles. The Labute approximate surface area is 181 Å². The molecule has 0 amide bonds. The number of aromatic hydroxyl groups is 1. The lowest BCUT2D eigenvalue weighted by atomic mass is 9.77. The van der Waals surface area contributed by atoms with Gasteiger partial charge in [0.1, 0.15) is 17.3 Å². The highest BCUT2D eigenvalue weighted by Crippen LogP contribution is 2.41. The van der Waals surface area contributed by atoms with Crippen LogP contribution in [0.15, 0.2) is 63.7 Å². The van der Waals surface area contributed by atoms with E-state index >= 15 is 0 Å². The van der Waals surface area contributed by atoms with E-state index < -0.39 is 34.5 Å². The summed E-state index contributed by atoms with van der Waals surface area (Å²) in [5, 5.41) is 21.1. The monoisotopic (exact) mass is 433 g/mol. The quantitative estimate of drug-likeness (QED) is 0.527. The number of hydrogen-bond acceptors (Lipinski definition) is 7. The van der Waals surface area contributed by atoms with Crippen molar-refractivity contribution in [3.8, 4) is 5.75 Å². The van der Waals surface area contributed by atoms with Crippen LogP contribution >= 0.6 is 0 Å². The van der Waals surface area contributed by atoms with E-state index in [1.54, 1.807) is 12.1 Å². The van der Waals surface area contributed by atoms with Crippen molar-refractivity contribution in [2.75, 3.05) is 5.73 Å². The third kappa shape index (κ3) is 2.94. The van der Waals surface area contributed by atoms with Crippen molar-refractivity contribution in [1.82, 2.24) is 9.13 Å². The highest BCUT2D eigenvalue weighted by atomic mass is 16.3. The molecule has 32 heavy (non-hydrogen) atoms. The van der Waals surface area contributed by atoms with Crippen LogP contribution in [0.25, 0.3) is 5.76 Å². The highest BCUT2D eigenvalue weighted by molar-refractivity contribution is 6.52. The number of Topliss-reactive ketones (excluding diaryl/α,β-unsaturated/α-hetero) is 2. The molecule has 0 spiro atoms. The molecule has 9 nitrogen and oxygen atoms in total. The Kier molecular flexibility index (Phi) is 4.81. The van der Waals surface area contributed by atoms with Crippen LogP contribution in [0.1, 0.15) is 33.0 Å². The van der Waals surface area contributed by atoms with Crippen LogP contribution in [0.4, 0.5) is 5.82 Å². The van der Waals surface area contributed by atoms with Crippen LogP contribution in [0.2, 0.25) is 0 Å². The molecule has 0 aliphatic heterocycles. The maximum absolute atomic E-state index is 13.2. The minimum absolute atomic E-state index is 0.0368. The molecule has 1 aliphatic carbocycles. The normalized spacial score (nSPS) is 14.4. The van der Waals surface area contributed by atoms with Crippen LogP contribution in [-0.4, -0.2) is 30.9 Å². The van der Waals surface area contributed by atoms with Crippen LogP contribution in [0, 0.1) is 0 Å². The van der Waals surface area contributed by atoms with Gasteiger partial charge in [0.05, 0.1) is 17.1 Å². The number of fused-ring (bicyclic) bond motifs is 1. The van der Waals surface area contributed by atoms with E-state index in [1.807, 2.05) is 0 Å². The Balaban J connectivity index is 2.16. The van der Waals surface area contributed by atoms with Gasteiger partial charge in [-0.3, -0.25) is 23.5 Å². The summed E-state index contributed by atoms with van der Waals surface area (Å²) in [4.78, 5) is 51.5. The number of carbonyl (C=O) groups excluding carboxylic acids is 2. The number of aliphatic hydroxyl groups excluding tert-OH is 1. The lowest BCUT2D eigenvalue weighted by molar-refractivity contribution is -0.112. The van der Waals surface area contributed by atoms with E-state index in [4.69, 9.17) is 5.73 Å². The molecule has 0 bridgehead atoms. The molecule has 3 aromatic rings. The Morgan fingerprint density at radius 1 is 0.844 bits per heavy atom. The fourth-order valence-corrected chi connectivity index (χ4v) is 3.99. The molecule has 0 radical (unpaired) electrons. The maximum atomic E-state index is 13.2. The van der Waals surface area contributed by atoms with Crippen molar-refractivity contribution >= 4 is 23.1 Å². The summed E-state index contributed by atoms with van der Waals surface area (Å²) >= 11 is 0. The van der Waals surface area contributed by atoms with E-state index in [1.165, 1.54) is 50.5 Å². The van der Waals surface area contributed by atoms with Crippen molar-refractivity contribution in [3.63, 3.8) is 0 Å². The molecule has 162 valence electrons. The van der Waals surface area contributed by atoms with Gasteiger partial charge >= 0.3 is 5.69 Å². The van der Waals surface area contributed by atoms with Crippen molar-refractivity contribution in [1.29, 1.82) is 0 Å². The molecule has 4 N–H and O–H groups in total. The van der Waals surface area contributed by atoms with Gasteiger partial charge in [0.2, 0.25) is 11.6 Å². The van der Waals surface area contributed by atoms with E-state index in [2.05, 4.69) is 0 Å². The number of aliphatic hydroxyl groups is 1. The standard InChI is InChI=1S/C23H19N3O6/c1-25-21(24)17(22(31)26(2)23(25)32)15(11-6-5-7-12(27)10-11)16-18(28)13-8-3-4-9-14(13)19(29)20(16)30/h3-10,15,27-28H,24H2,1-2H3. The first kappa shape index (κ1) is 20.9. The lowest BCUT2D eigenvalue weighted by Gasteiger charge is -2.26. The number of carbonyl (C=O) groups is 2. The summed E-state index contributed by atoms with van der Waals surface area (Å²) in [5.74, 6) is -4.05. The topological polar surface area (TPSA) is 145 Å². The van der Waals surface area contributed by atoms with Crippen molar-refractivity contribution in [2.24, 2.45) is 14.1 Å². The van der Waals surface area contributed by atoms with E-state index in [-0.39, 0.29) is 39.4 Å². The van der Waals surface area contributed by atoms with E-state index in [9.17, 15) is 29.4 Å². The first-order valence-electron chi connectivity index (χ1n) is 9.61. The van der Waals surface area contributed by atoms with Crippen LogP contribution in [0.5, 0.6) is 5.75 Å². The summed E-state index contributed by atoms with van der Waals surface area (Å²) in [5.41, 5.74) is 4.54. The molecule has 1 unspecified atom stereocenters. The second-order valence-electron chi connectivity index (χ2n) is 7.50. The van der Waals surface area contributed by atoms with Gasteiger partial charge < -0.3 is 15.9 Å². The van der Waals surface area contributed by atoms with Gasteiger partial charge in [-0.25, -0.2) is 4.79 Å². The number of benzene rings is 2. The summed E-state index contributed by atoms with van der Waals surface area (Å²) in [6, 6.07) is 11.8. The Hall–Kier alpha value is -4.40. The molecule has 1 aromatic heterocycles. The number of aromatic nitrogens is 2. The van der Waals surface area contributed by atoms with Gasteiger partial charge in [-0.2, -0.15) is 0 Å². The molecule has 1 heterocycles. The maximum Gasteiger partial charge on any atom is 0.332 e.